The molecule has 0 fully saturated rings. The number of nitrogen functional groups attached to an aromatic ring is 1. The molecule has 1 aromatic heterocycles. The summed E-state index contributed by atoms with van der Waals surface area (Å²) in [6.07, 6.45) is 0.265. The van der Waals surface area contributed by atoms with Crippen molar-refractivity contribution in [2.75, 3.05) is 10.6 Å². The van der Waals surface area contributed by atoms with Gasteiger partial charge in [0, 0.05) is 12.1 Å². The average molecular weight is 273 g/mol. The smallest absolute Gasteiger partial charge is 0.327 e. The van der Waals surface area contributed by atoms with E-state index in [-0.39, 0.29) is 18.2 Å². The molecule has 1 aromatic carbocycles. The summed E-state index contributed by atoms with van der Waals surface area (Å²) >= 11 is 0. The number of carboxylic acid groups (broad SMARTS) is 1. The van der Waals surface area contributed by atoms with E-state index in [0.717, 1.165) is 5.56 Å². The maximum atomic E-state index is 12.4. The molecule has 1 aliphatic heterocycles. The van der Waals surface area contributed by atoms with Crippen molar-refractivity contribution < 1.29 is 14.7 Å². The number of para-hydroxylation sites is 1. The minimum absolute atomic E-state index is 0.0623. The monoisotopic (exact) mass is 273 g/mol. The second-order valence-corrected chi connectivity index (χ2v) is 4.40. The van der Waals surface area contributed by atoms with Gasteiger partial charge in [0.25, 0.3) is 5.91 Å². The number of aromatic nitrogens is 3. The average Bonchev–Trinajstić information content (AvgIpc) is 3.01. The van der Waals surface area contributed by atoms with Gasteiger partial charge in [-0.1, -0.05) is 18.2 Å². The molecule has 2 heterocycles. The fraction of sp³-hybridized carbons (Fsp3) is 0.167. The van der Waals surface area contributed by atoms with Gasteiger partial charge in [-0.15, -0.1) is 5.10 Å². The highest BCUT2D eigenvalue weighted by molar-refractivity contribution is 6.09. The molecule has 0 unspecified atom stereocenters. The molecule has 0 saturated heterocycles. The van der Waals surface area contributed by atoms with Crippen LogP contribution in [0, 0.1) is 0 Å². The number of hydrogen-bond donors (Lipinski definition) is 3. The minimum atomic E-state index is -1.07. The first-order valence-electron chi connectivity index (χ1n) is 5.90. The third-order valence-electron chi connectivity index (χ3n) is 3.19. The van der Waals surface area contributed by atoms with Gasteiger partial charge in [-0.3, -0.25) is 14.8 Å². The third-order valence-corrected chi connectivity index (χ3v) is 3.19. The first kappa shape index (κ1) is 12.2. The van der Waals surface area contributed by atoms with Crippen molar-refractivity contribution in [2.45, 2.75) is 12.5 Å². The molecule has 20 heavy (non-hydrogen) atoms. The van der Waals surface area contributed by atoms with Gasteiger partial charge < -0.3 is 10.8 Å². The van der Waals surface area contributed by atoms with Crippen molar-refractivity contribution in [3.63, 3.8) is 0 Å². The van der Waals surface area contributed by atoms with E-state index < -0.39 is 17.9 Å². The fourth-order valence-corrected chi connectivity index (χ4v) is 2.32. The summed E-state index contributed by atoms with van der Waals surface area (Å²) in [7, 11) is 0. The second kappa shape index (κ2) is 4.34. The number of rotatable bonds is 2. The lowest BCUT2D eigenvalue weighted by molar-refractivity contribution is -0.138. The summed E-state index contributed by atoms with van der Waals surface area (Å²) in [5.74, 6) is -1.77. The Morgan fingerprint density at radius 2 is 2.15 bits per heavy atom. The van der Waals surface area contributed by atoms with E-state index >= 15 is 0 Å². The predicted molar refractivity (Wildman–Crippen MR) is 69.2 cm³/mol. The van der Waals surface area contributed by atoms with Crippen molar-refractivity contribution in [1.29, 1.82) is 0 Å². The van der Waals surface area contributed by atoms with Crippen LogP contribution >= 0.6 is 0 Å². The number of carbonyl (C=O) groups is 2. The van der Waals surface area contributed by atoms with Crippen molar-refractivity contribution in [2.24, 2.45) is 0 Å². The van der Waals surface area contributed by atoms with Crippen LogP contribution in [0.15, 0.2) is 24.3 Å². The SMILES string of the molecule is Nc1n[nH]c(C(=O)N2c3ccccc3C[C@H]2C(=O)O)n1. The largest absolute Gasteiger partial charge is 0.480 e. The van der Waals surface area contributed by atoms with Gasteiger partial charge in [-0.05, 0) is 11.6 Å². The Kier molecular flexibility index (Phi) is 2.63. The number of aliphatic carboxylic acids is 1. The van der Waals surface area contributed by atoms with Crippen molar-refractivity contribution in [3.8, 4) is 0 Å². The molecule has 1 aliphatic rings. The summed E-state index contributed by atoms with van der Waals surface area (Å²) in [4.78, 5) is 28.7. The maximum Gasteiger partial charge on any atom is 0.327 e. The van der Waals surface area contributed by atoms with Gasteiger partial charge in [-0.25, -0.2) is 4.79 Å². The van der Waals surface area contributed by atoms with Gasteiger partial charge in [0.15, 0.2) is 0 Å². The Morgan fingerprint density at radius 3 is 2.80 bits per heavy atom. The predicted octanol–water partition coefficient (Wildman–Crippen LogP) is 0.0430. The van der Waals surface area contributed by atoms with Gasteiger partial charge in [-0.2, -0.15) is 4.98 Å². The Morgan fingerprint density at radius 1 is 1.40 bits per heavy atom. The number of nitrogens with zero attached hydrogens (tertiary/aromatic N) is 3. The molecule has 1 amide bonds. The van der Waals surface area contributed by atoms with Crippen LogP contribution in [0.4, 0.5) is 11.6 Å². The fourth-order valence-electron chi connectivity index (χ4n) is 2.32. The van der Waals surface area contributed by atoms with E-state index in [2.05, 4.69) is 15.2 Å². The highest BCUT2D eigenvalue weighted by Gasteiger charge is 2.39. The number of amides is 1. The molecule has 8 heteroatoms. The summed E-state index contributed by atoms with van der Waals surface area (Å²) in [6.45, 7) is 0. The van der Waals surface area contributed by atoms with E-state index in [9.17, 15) is 14.7 Å². The number of nitrogens with two attached hydrogens (primary N) is 1. The summed E-state index contributed by atoms with van der Waals surface area (Å²) in [6, 6.07) is 6.10. The van der Waals surface area contributed by atoms with Crippen LogP contribution in [0.25, 0.3) is 0 Å². The zero-order valence-corrected chi connectivity index (χ0v) is 10.3. The van der Waals surface area contributed by atoms with E-state index in [1.165, 1.54) is 4.90 Å². The molecule has 102 valence electrons. The molecule has 4 N–H and O–H groups in total. The molecular formula is C12H11N5O3. The van der Waals surface area contributed by atoms with E-state index in [4.69, 9.17) is 5.73 Å². The number of carbonyl (C=O) groups excluding carboxylic acids is 1. The van der Waals surface area contributed by atoms with Crippen molar-refractivity contribution in [3.05, 3.63) is 35.7 Å². The van der Waals surface area contributed by atoms with Gasteiger partial charge in [0.1, 0.15) is 6.04 Å². The summed E-state index contributed by atoms with van der Waals surface area (Å²) in [5.41, 5.74) is 6.74. The Bertz CT molecular complexity index is 696. The normalized spacial score (nSPS) is 17.0. The number of nitrogens with one attached hydrogen (secondary N) is 1. The summed E-state index contributed by atoms with van der Waals surface area (Å²) in [5, 5.41) is 15.3. The number of anilines is 2. The van der Waals surface area contributed by atoms with Crippen LogP contribution in [-0.2, 0) is 11.2 Å². The van der Waals surface area contributed by atoms with E-state index in [1.54, 1.807) is 24.3 Å². The highest BCUT2D eigenvalue weighted by Crippen LogP contribution is 2.33. The lowest BCUT2D eigenvalue weighted by Crippen LogP contribution is -2.43. The molecule has 3 rings (SSSR count). The number of fused-ring (bicyclic) bond motifs is 1. The second-order valence-electron chi connectivity index (χ2n) is 4.40. The van der Waals surface area contributed by atoms with Crippen LogP contribution in [0.2, 0.25) is 0 Å². The van der Waals surface area contributed by atoms with Crippen molar-refractivity contribution >= 4 is 23.5 Å². The van der Waals surface area contributed by atoms with Gasteiger partial charge >= 0.3 is 5.97 Å². The van der Waals surface area contributed by atoms with E-state index in [0.29, 0.717) is 5.69 Å². The Hall–Kier alpha value is -2.90. The molecule has 0 radical (unpaired) electrons. The Labute approximate surface area is 113 Å². The first-order valence-corrected chi connectivity index (χ1v) is 5.90. The lowest BCUT2D eigenvalue weighted by Gasteiger charge is -2.21. The minimum Gasteiger partial charge on any atom is -0.480 e. The van der Waals surface area contributed by atoms with E-state index in [1.807, 2.05) is 0 Å². The molecule has 8 nitrogen and oxygen atoms in total. The van der Waals surface area contributed by atoms with Crippen LogP contribution in [0.5, 0.6) is 0 Å². The number of carboxylic acids is 1. The number of H-pyrrole nitrogens is 1. The van der Waals surface area contributed by atoms with Crippen LogP contribution < -0.4 is 10.6 Å². The van der Waals surface area contributed by atoms with Crippen LogP contribution in [0.3, 0.4) is 0 Å². The maximum absolute atomic E-state index is 12.4. The molecular weight excluding hydrogens is 262 g/mol. The van der Waals surface area contributed by atoms with Crippen LogP contribution in [0.1, 0.15) is 16.2 Å². The topological polar surface area (TPSA) is 125 Å². The third kappa shape index (κ3) is 1.78. The van der Waals surface area contributed by atoms with Crippen LogP contribution in [-0.4, -0.2) is 38.2 Å². The molecule has 0 bridgehead atoms. The first-order chi connectivity index (χ1) is 9.58. The van der Waals surface area contributed by atoms with Crippen molar-refractivity contribution in [1.82, 2.24) is 15.2 Å². The number of benzene rings is 1. The molecule has 0 aliphatic carbocycles. The number of aromatic amines is 1. The quantitative estimate of drug-likeness (QED) is 0.709. The zero-order valence-electron chi connectivity index (χ0n) is 10.3. The zero-order chi connectivity index (χ0) is 14.3. The number of hydrogen-bond acceptors (Lipinski definition) is 5. The summed E-state index contributed by atoms with van der Waals surface area (Å²) < 4.78 is 0. The molecule has 0 saturated carbocycles. The van der Waals surface area contributed by atoms with Gasteiger partial charge in [0.05, 0.1) is 0 Å². The lowest BCUT2D eigenvalue weighted by atomic mass is 10.1. The molecule has 1 atom stereocenters. The molecule has 0 spiro atoms. The standard InChI is InChI=1S/C12H11N5O3/c13-12-14-9(15-16-12)10(18)17-7-4-2-1-3-6(7)5-8(17)11(19)20/h1-4,8H,5H2,(H,19,20)(H3,13,14,15,16)/t8-/m0/s1. The van der Waals surface area contributed by atoms with Gasteiger partial charge in [0.2, 0.25) is 11.8 Å². The molecule has 2 aromatic rings. The highest BCUT2D eigenvalue weighted by atomic mass is 16.4. The Balaban J connectivity index is 2.04.